The van der Waals surface area contributed by atoms with Crippen LogP contribution in [-0.2, 0) is 0 Å². The number of H-pyrrole nitrogens is 1. The van der Waals surface area contributed by atoms with E-state index in [-0.39, 0.29) is 5.69 Å². The first-order chi connectivity index (χ1) is 13.0. The predicted molar refractivity (Wildman–Crippen MR) is 102 cm³/mol. The van der Waals surface area contributed by atoms with Crippen LogP contribution in [0.4, 0.5) is 5.69 Å². The molecule has 0 saturated carbocycles. The number of amides is 1. The quantitative estimate of drug-likeness (QED) is 0.674. The van der Waals surface area contributed by atoms with Crippen molar-refractivity contribution in [1.29, 1.82) is 0 Å². The average Bonchev–Trinajstić information content (AvgIpc) is 3.21. The normalized spacial score (nSPS) is 10.3. The molecule has 0 radical (unpaired) electrons. The Labute approximate surface area is 158 Å². The molecule has 8 nitrogen and oxygen atoms in total. The molecule has 0 fully saturated rings. The Morgan fingerprint density at radius 1 is 1.11 bits per heavy atom. The summed E-state index contributed by atoms with van der Waals surface area (Å²) in [6.45, 7) is 0. The minimum Gasteiger partial charge on any atom is -0.493 e. The molecule has 2 N–H and O–H groups in total. The second kappa shape index (κ2) is 7.92. The van der Waals surface area contributed by atoms with Gasteiger partial charge in [-0.25, -0.2) is 4.79 Å². The summed E-state index contributed by atoms with van der Waals surface area (Å²) in [4.78, 5) is 31.7. The number of ether oxygens (including phenoxy) is 3. The summed E-state index contributed by atoms with van der Waals surface area (Å²) >= 11 is 1.45. The van der Waals surface area contributed by atoms with Crippen molar-refractivity contribution in [2.45, 2.75) is 0 Å². The van der Waals surface area contributed by atoms with E-state index in [1.807, 2.05) is 17.5 Å². The van der Waals surface area contributed by atoms with Crippen LogP contribution < -0.4 is 25.2 Å². The van der Waals surface area contributed by atoms with Crippen LogP contribution in [0.5, 0.6) is 17.2 Å². The third-order valence-corrected chi connectivity index (χ3v) is 4.59. The Morgan fingerprint density at radius 3 is 2.37 bits per heavy atom. The number of anilines is 1. The summed E-state index contributed by atoms with van der Waals surface area (Å²) in [7, 11) is 4.45. The lowest BCUT2D eigenvalue weighted by atomic mass is 10.2. The van der Waals surface area contributed by atoms with Crippen molar-refractivity contribution in [2.75, 3.05) is 26.6 Å². The number of nitrogens with zero attached hydrogens (tertiary/aromatic N) is 1. The van der Waals surface area contributed by atoms with Crippen LogP contribution in [0.3, 0.4) is 0 Å². The van der Waals surface area contributed by atoms with Gasteiger partial charge in [0.1, 0.15) is 5.69 Å². The predicted octanol–water partition coefficient (Wildman–Crippen LogP) is 2.78. The number of nitrogens with one attached hydrogen (secondary N) is 2. The molecule has 1 amide bonds. The van der Waals surface area contributed by atoms with Crippen molar-refractivity contribution in [3.8, 4) is 27.8 Å². The zero-order chi connectivity index (χ0) is 19.4. The van der Waals surface area contributed by atoms with Crippen LogP contribution in [-0.4, -0.2) is 37.2 Å². The molecular weight excluding hydrogens is 370 g/mol. The van der Waals surface area contributed by atoms with Crippen LogP contribution in [0, 0.1) is 0 Å². The molecule has 0 aliphatic carbocycles. The molecule has 0 unspecified atom stereocenters. The maximum absolute atomic E-state index is 12.6. The molecule has 3 aromatic rings. The highest BCUT2D eigenvalue weighted by molar-refractivity contribution is 7.13. The number of carbonyl (C=O) groups is 1. The number of carbonyl (C=O) groups excluding carboxylic acids is 1. The van der Waals surface area contributed by atoms with E-state index in [9.17, 15) is 9.59 Å². The standard InChI is InChI=1S/C18H17N3O5S/c1-24-13-7-10(8-14(25-2)16(13)26-3)19-17(22)12-9-11(20-18(23)21-12)15-5-4-6-27-15/h4-9H,1-3H3,(H,19,22)(H,20,21,23). The summed E-state index contributed by atoms with van der Waals surface area (Å²) in [5.74, 6) is 0.663. The van der Waals surface area contributed by atoms with Gasteiger partial charge in [0.25, 0.3) is 5.91 Å². The molecule has 3 rings (SSSR count). The van der Waals surface area contributed by atoms with E-state index in [0.29, 0.717) is 28.6 Å². The van der Waals surface area contributed by atoms with E-state index in [4.69, 9.17) is 14.2 Å². The van der Waals surface area contributed by atoms with E-state index < -0.39 is 11.6 Å². The average molecular weight is 387 g/mol. The van der Waals surface area contributed by atoms with Gasteiger partial charge < -0.3 is 24.5 Å². The van der Waals surface area contributed by atoms with E-state index in [0.717, 1.165) is 4.88 Å². The Bertz CT molecular complexity index is 989. The van der Waals surface area contributed by atoms with Crippen molar-refractivity contribution in [3.63, 3.8) is 0 Å². The van der Waals surface area contributed by atoms with Gasteiger partial charge in [-0.15, -0.1) is 11.3 Å². The van der Waals surface area contributed by atoms with Crippen molar-refractivity contribution < 1.29 is 19.0 Å². The third kappa shape index (κ3) is 3.93. The lowest BCUT2D eigenvalue weighted by Crippen LogP contribution is -2.21. The maximum Gasteiger partial charge on any atom is 0.346 e. The topological polar surface area (TPSA) is 103 Å². The lowest BCUT2D eigenvalue weighted by molar-refractivity contribution is 0.102. The zero-order valence-electron chi connectivity index (χ0n) is 14.9. The molecule has 140 valence electrons. The molecule has 2 heterocycles. The summed E-state index contributed by atoms with van der Waals surface area (Å²) in [6.07, 6.45) is 0. The maximum atomic E-state index is 12.6. The minimum atomic E-state index is -0.601. The van der Waals surface area contributed by atoms with Crippen LogP contribution in [0.15, 0.2) is 40.5 Å². The molecule has 1 aromatic carbocycles. The number of hydrogen-bond donors (Lipinski definition) is 2. The Hall–Kier alpha value is -3.33. The number of benzene rings is 1. The summed E-state index contributed by atoms with van der Waals surface area (Å²) in [6, 6.07) is 8.41. The lowest BCUT2D eigenvalue weighted by Gasteiger charge is -2.14. The number of methoxy groups -OCH3 is 3. The minimum absolute atomic E-state index is 0.00379. The second-order valence-corrected chi connectivity index (χ2v) is 6.28. The number of aromatic nitrogens is 2. The van der Waals surface area contributed by atoms with Crippen molar-refractivity contribution in [3.05, 3.63) is 51.9 Å². The molecule has 0 aliphatic heterocycles. The van der Waals surface area contributed by atoms with Crippen molar-refractivity contribution >= 4 is 22.9 Å². The monoisotopic (exact) mass is 387 g/mol. The van der Waals surface area contributed by atoms with Crippen molar-refractivity contribution in [2.24, 2.45) is 0 Å². The summed E-state index contributed by atoms with van der Waals surface area (Å²) in [5, 5.41) is 4.57. The van der Waals surface area contributed by atoms with Gasteiger partial charge in [0.05, 0.1) is 31.9 Å². The van der Waals surface area contributed by atoms with Gasteiger partial charge in [-0.3, -0.25) is 4.79 Å². The molecule has 0 atom stereocenters. The fourth-order valence-electron chi connectivity index (χ4n) is 2.49. The first-order valence-electron chi connectivity index (χ1n) is 7.82. The Morgan fingerprint density at radius 2 is 1.81 bits per heavy atom. The second-order valence-electron chi connectivity index (χ2n) is 5.33. The van der Waals surface area contributed by atoms with Gasteiger partial charge >= 0.3 is 5.69 Å². The highest BCUT2D eigenvalue weighted by Crippen LogP contribution is 2.40. The van der Waals surface area contributed by atoms with E-state index in [2.05, 4.69) is 15.3 Å². The van der Waals surface area contributed by atoms with Crippen LogP contribution in [0.25, 0.3) is 10.6 Å². The summed E-state index contributed by atoms with van der Waals surface area (Å²) < 4.78 is 15.8. The molecule has 2 aromatic heterocycles. The highest BCUT2D eigenvalue weighted by Gasteiger charge is 2.17. The van der Waals surface area contributed by atoms with Crippen LogP contribution in [0.1, 0.15) is 10.5 Å². The molecule has 0 bridgehead atoms. The van der Waals surface area contributed by atoms with Gasteiger partial charge in [0, 0.05) is 17.8 Å². The van der Waals surface area contributed by atoms with Crippen LogP contribution in [0.2, 0.25) is 0 Å². The zero-order valence-corrected chi connectivity index (χ0v) is 15.7. The number of thiophene rings is 1. The van der Waals surface area contributed by atoms with Crippen molar-refractivity contribution in [1.82, 2.24) is 9.97 Å². The van der Waals surface area contributed by atoms with Crippen LogP contribution >= 0.6 is 11.3 Å². The van der Waals surface area contributed by atoms with Gasteiger partial charge in [-0.1, -0.05) is 6.07 Å². The van der Waals surface area contributed by atoms with E-state index >= 15 is 0 Å². The van der Waals surface area contributed by atoms with E-state index in [1.54, 1.807) is 12.1 Å². The Kier molecular flexibility index (Phi) is 5.41. The highest BCUT2D eigenvalue weighted by atomic mass is 32.1. The van der Waals surface area contributed by atoms with Gasteiger partial charge in [-0.05, 0) is 17.5 Å². The fourth-order valence-corrected chi connectivity index (χ4v) is 3.18. The first-order valence-corrected chi connectivity index (χ1v) is 8.70. The number of rotatable bonds is 6. The molecule has 27 heavy (non-hydrogen) atoms. The van der Waals surface area contributed by atoms with E-state index in [1.165, 1.54) is 38.7 Å². The molecule has 0 saturated heterocycles. The molecule has 9 heteroatoms. The first kappa shape index (κ1) is 18.5. The Balaban J connectivity index is 1.93. The summed E-state index contributed by atoms with van der Waals surface area (Å²) in [5.41, 5.74) is 0.334. The van der Waals surface area contributed by atoms with Gasteiger partial charge in [0.15, 0.2) is 11.5 Å². The molecule has 0 spiro atoms. The largest absolute Gasteiger partial charge is 0.493 e. The number of hydrogen-bond acceptors (Lipinski definition) is 7. The van der Waals surface area contributed by atoms with Gasteiger partial charge in [-0.2, -0.15) is 4.98 Å². The van der Waals surface area contributed by atoms with Gasteiger partial charge in [0.2, 0.25) is 5.75 Å². The fraction of sp³-hybridized carbons (Fsp3) is 0.167. The number of aromatic amines is 1. The molecular formula is C18H17N3O5S. The SMILES string of the molecule is COc1cc(NC(=O)c2cc(-c3cccs3)[nH]c(=O)n2)cc(OC)c1OC. The molecule has 0 aliphatic rings. The third-order valence-electron chi connectivity index (χ3n) is 3.69. The smallest absolute Gasteiger partial charge is 0.346 e.